The van der Waals surface area contributed by atoms with Gasteiger partial charge in [-0.1, -0.05) is 82.3 Å². The van der Waals surface area contributed by atoms with E-state index in [1.165, 1.54) is 85.4 Å². The number of fused-ring (bicyclic) bond motifs is 2. The molecule has 2 aromatic rings. The van der Waals surface area contributed by atoms with E-state index in [4.69, 9.17) is 0 Å². The fraction of sp³-hybridized carbons (Fsp3) is 0.500. The second-order valence-corrected chi connectivity index (χ2v) is 8.50. The Balaban J connectivity index is 1.76. The van der Waals surface area contributed by atoms with E-state index in [0.29, 0.717) is 0 Å². The van der Waals surface area contributed by atoms with Gasteiger partial charge in [-0.15, -0.1) is 0 Å². The summed E-state index contributed by atoms with van der Waals surface area (Å²) in [5.41, 5.74) is 5.79. The van der Waals surface area contributed by atoms with Crippen molar-refractivity contribution in [3.05, 3.63) is 47.5 Å². The predicted molar refractivity (Wildman–Crippen MR) is 116 cm³/mol. The molecule has 26 heavy (non-hydrogen) atoms. The van der Waals surface area contributed by atoms with E-state index in [0.717, 1.165) is 0 Å². The van der Waals surface area contributed by atoms with Gasteiger partial charge in [-0.2, -0.15) is 0 Å². The minimum Gasteiger partial charge on any atom is -0.353 e. The highest BCUT2D eigenvalue weighted by Gasteiger charge is 2.20. The topological polar surface area (TPSA) is 12.0 Å². The lowest BCUT2D eigenvalue weighted by molar-refractivity contribution is 0.606. The smallest absolute Gasteiger partial charge is 0.0561 e. The second-order valence-electron chi connectivity index (χ2n) is 7.42. The van der Waals surface area contributed by atoms with Crippen LogP contribution in [-0.2, 0) is 12.8 Å². The third kappa shape index (κ3) is 4.85. The maximum absolute atomic E-state index is 3.77. The Morgan fingerprint density at radius 3 is 2.35 bits per heavy atom. The van der Waals surface area contributed by atoms with E-state index < -0.39 is 0 Å². The number of benzene rings is 2. The molecule has 140 valence electrons. The van der Waals surface area contributed by atoms with Gasteiger partial charge in [0.2, 0.25) is 0 Å². The highest BCUT2D eigenvalue weighted by atomic mass is 32.2. The first kappa shape index (κ1) is 19.4. The Hall–Kier alpha value is -1.41. The summed E-state index contributed by atoms with van der Waals surface area (Å²) in [5, 5.41) is 3.77. The molecule has 1 nitrogen and oxygen atoms in total. The molecule has 1 aliphatic heterocycles. The summed E-state index contributed by atoms with van der Waals surface area (Å²) in [5.74, 6) is 0. The predicted octanol–water partition coefficient (Wildman–Crippen LogP) is 8.14. The van der Waals surface area contributed by atoms with Gasteiger partial charge in [0.1, 0.15) is 0 Å². The molecule has 3 rings (SSSR count). The minimum atomic E-state index is 1.21. The molecular formula is C24H33NS. The molecule has 0 unspecified atom stereocenters. The molecule has 0 atom stereocenters. The fourth-order valence-corrected chi connectivity index (χ4v) is 4.80. The van der Waals surface area contributed by atoms with Gasteiger partial charge in [-0.3, -0.25) is 0 Å². The highest BCUT2D eigenvalue weighted by Crippen LogP contribution is 2.46. The van der Waals surface area contributed by atoms with E-state index in [2.05, 4.69) is 55.6 Å². The van der Waals surface area contributed by atoms with Crippen molar-refractivity contribution in [1.29, 1.82) is 0 Å². The average molecular weight is 368 g/mol. The Kier molecular flexibility index (Phi) is 7.49. The molecule has 0 spiro atoms. The van der Waals surface area contributed by atoms with Crippen LogP contribution in [0.25, 0.3) is 0 Å². The van der Waals surface area contributed by atoms with Gasteiger partial charge in [0.05, 0.1) is 11.4 Å². The third-order valence-corrected chi connectivity index (χ3v) is 6.45. The minimum absolute atomic E-state index is 1.21. The van der Waals surface area contributed by atoms with Crippen molar-refractivity contribution in [3.63, 3.8) is 0 Å². The van der Waals surface area contributed by atoms with Crippen molar-refractivity contribution in [2.75, 3.05) is 5.32 Å². The van der Waals surface area contributed by atoms with E-state index in [1.54, 1.807) is 11.1 Å². The van der Waals surface area contributed by atoms with Crippen molar-refractivity contribution in [1.82, 2.24) is 0 Å². The normalized spacial score (nSPS) is 12.4. The van der Waals surface area contributed by atoms with E-state index in [9.17, 15) is 0 Å². The van der Waals surface area contributed by atoms with E-state index >= 15 is 0 Å². The van der Waals surface area contributed by atoms with Crippen LogP contribution in [0.1, 0.15) is 76.3 Å². The van der Waals surface area contributed by atoms with Gasteiger partial charge in [-0.25, -0.2) is 0 Å². The first-order chi connectivity index (χ1) is 12.8. The Labute approximate surface area is 164 Å². The SMILES string of the molecule is CCCCCCCCc1c(CCCC)ccc2c1Nc1ccccc1S2. The Morgan fingerprint density at radius 2 is 1.50 bits per heavy atom. The fourth-order valence-electron chi connectivity index (χ4n) is 3.77. The lowest BCUT2D eigenvalue weighted by atomic mass is 9.95. The van der Waals surface area contributed by atoms with Gasteiger partial charge in [0, 0.05) is 9.79 Å². The number of nitrogens with one attached hydrogen (secondary N) is 1. The molecule has 1 heterocycles. The van der Waals surface area contributed by atoms with Crippen molar-refractivity contribution in [2.45, 2.75) is 87.8 Å². The van der Waals surface area contributed by atoms with Crippen LogP contribution in [0.2, 0.25) is 0 Å². The summed E-state index contributed by atoms with van der Waals surface area (Å²) < 4.78 is 0. The summed E-state index contributed by atoms with van der Waals surface area (Å²) >= 11 is 1.92. The van der Waals surface area contributed by atoms with Crippen LogP contribution < -0.4 is 5.32 Å². The van der Waals surface area contributed by atoms with Crippen LogP contribution in [0.4, 0.5) is 11.4 Å². The standard InChI is InChI=1S/C24H33NS/c1-3-5-7-8-9-10-14-20-19(13-6-4-2)17-18-23-24(20)25-21-15-11-12-16-22(21)26-23/h11-12,15-18,25H,3-10,13-14H2,1-2H3. The zero-order valence-corrected chi connectivity index (χ0v) is 17.3. The van der Waals surface area contributed by atoms with Crippen LogP contribution in [0.15, 0.2) is 46.2 Å². The number of rotatable bonds is 10. The van der Waals surface area contributed by atoms with Gasteiger partial charge >= 0.3 is 0 Å². The third-order valence-electron chi connectivity index (χ3n) is 5.32. The molecule has 1 N–H and O–H groups in total. The average Bonchev–Trinajstić information content (AvgIpc) is 2.68. The molecule has 0 saturated heterocycles. The zero-order valence-electron chi connectivity index (χ0n) is 16.4. The molecule has 0 bridgehead atoms. The van der Waals surface area contributed by atoms with Crippen LogP contribution in [0, 0.1) is 0 Å². The molecule has 0 saturated carbocycles. The maximum Gasteiger partial charge on any atom is 0.0561 e. The summed E-state index contributed by atoms with van der Waals surface area (Å²) in [6, 6.07) is 13.4. The monoisotopic (exact) mass is 367 g/mol. The number of anilines is 2. The molecule has 0 amide bonds. The molecule has 0 aliphatic carbocycles. The van der Waals surface area contributed by atoms with Gasteiger partial charge in [0.15, 0.2) is 0 Å². The zero-order chi connectivity index (χ0) is 18.2. The van der Waals surface area contributed by atoms with Gasteiger partial charge < -0.3 is 5.32 Å². The van der Waals surface area contributed by atoms with Crippen molar-refractivity contribution >= 4 is 23.1 Å². The summed E-state index contributed by atoms with van der Waals surface area (Å²) in [6.45, 7) is 4.58. The molecule has 0 fully saturated rings. The lowest BCUT2D eigenvalue weighted by Gasteiger charge is -2.25. The lowest BCUT2D eigenvalue weighted by Crippen LogP contribution is -2.07. The van der Waals surface area contributed by atoms with Crippen molar-refractivity contribution < 1.29 is 0 Å². The van der Waals surface area contributed by atoms with Crippen LogP contribution in [0.5, 0.6) is 0 Å². The highest BCUT2D eigenvalue weighted by molar-refractivity contribution is 7.99. The largest absolute Gasteiger partial charge is 0.353 e. The van der Waals surface area contributed by atoms with Crippen molar-refractivity contribution in [3.8, 4) is 0 Å². The number of aryl methyl sites for hydroxylation is 1. The van der Waals surface area contributed by atoms with E-state index in [-0.39, 0.29) is 0 Å². The number of hydrogen-bond donors (Lipinski definition) is 1. The number of para-hydroxylation sites is 1. The van der Waals surface area contributed by atoms with Crippen LogP contribution in [-0.4, -0.2) is 0 Å². The maximum atomic E-state index is 3.77. The second kappa shape index (κ2) is 10.1. The molecule has 2 heteroatoms. The number of hydrogen-bond acceptors (Lipinski definition) is 2. The van der Waals surface area contributed by atoms with Crippen LogP contribution in [0.3, 0.4) is 0 Å². The first-order valence-electron chi connectivity index (χ1n) is 10.5. The Morgan fingerprint density at radius 1 is 0.731 bits per heavy atom. The van der Waals surface area contributed by atoms with Gasteiger partial charge in [-0.05, 0) is 55.0 Å². The molecule has 2 aromatic carbocycles. The summed E-state index contributed by atoms with van der Waals surface area (Å²) in [6.07, 6.45) is 13.1. The van der Waals surface area contributed by atoms with Gasteiger partial charge in [0.25, 0.3) is 0 Å². The first-order valence-corrected chi connectivity index (χ1v) is 11.3. The van der Waals surface area contributed by atoms with E-state index in [1.807, 2.05) is 11.8 Å². The molecule has 0 radical (unpaired) electrons. The Bertz CT molecular complexity index is 707. The van der Waals surface area contributed by atoms with Crippen molar-refractivity contribution in [2.24, 2.45) is 0 Å². The molecule has 0 aromatic heterocycles. The quantitative estimate of drug-likeness (QED) is 0.363. The van der Waals surface area contributed by atoms with Crippen LogP contribution >= 0.6 is 11.8 Å². The molecular weight excluding hydrogens is 334 g/mol. The molecule has 1 aliphatic rings. The number of unbranched alkanes of at least 4 members (excludes halogenated alkanes) is 6. The summed E-state index contributed by atoms with van der Waals surface area (Å²) in [7, 11) is 0. The summed E-state index contributed by atoms with van der Waals surface area (Å²) in [4.78, 5) is 2.73.